The maximum atomic E-state index is 0. The van der Waals surface area contributed by atoms with E-state index in [0.717, 1.165) is 0 Å². The van der Waals surface area contributed by atoms with Crippen molar-refractivity contribution >= 4 is 0 Å². The van der Waals surface area contributed by atoms with Gasteiger partial charge in [0.2, 0.25) is 0 Å². The molecule has 0 unspecified atom stereocenters. The Kier molecular flexibility index (Phi) is 432. The van der Waals surface area contributed by atoms with Gasteiger partial charge in [-0.1, -0.05) is 0 Å². The molecular formula is IrMnOsPdPtRhRu. The van der Waals surface area contributed by atoms with Gasteiger partial charge < -0.3 is 0 Å². The smallest absolute Gasteiger partial charge is 0 e. The molecule has 0 aromatic heterocycles. The second-order valence-electron chi connectivity index (χ2n) is 0. The first-order valence-electron chi connectivity index (χ1n) is 0. The molecule has 0 saturated carbocycles. The molecule has 0 N–H and O–H groups in total. The van der Waals surface area contributed by atoms with E-state index in [2.05, 4.69) is 0 Å². The van der Waals surface area contributed by atoms with Crippen molar-refractivity contribution in [1.29, 1.82) is 0 Å². The van der Waals surface area contributed by atoms with E-state index in [0.29, 0.717) is 0 Å². The molecule has 0 aromatic carbocycles. The van der Waals surface area contributed by atoms with Crippen molar-refractivity contribution in [3.63, 3.8) is 0 Å². The van der Waals surface area contributed by atoms with Crippen LogP contribution in [0.15, 0.2) is 0 Å². The van der Waals surface area contributed by atoms with Crippen LogP contribution in [-0.4, -0.2) is 0 Å². The van der Waals surface area contributed by atoms with E-state index < -0.39 is 0 Å². The van der Waals surface area contributed by atoms with E-state index in [1.807, 2.05) is 0 Å². The van der Waals surface area contributed by atoms with Crippen molar-refractivity contribution in [3.8, 4) is 0 Å². The summed E-state index contributed by atoms with van der Waals surface area (Å²) in [6.07, 6.45) is 0. The van der Waals surface area contributed by atoms with Crippen LogP contribution in [0.2, 0.25) is 0 Å². The van der Waals surface area contributed by atoms with E-state index in [1.54, 1.807) is 0 Å². The third kappa shape index (κ3) is 37.9. The van der Waals surface area contributed by atoms with Gasteiger partial charge in [0, 0.05) is 137 Å². The predicted octanol–water partition coefficient (Wildman–Crippen LogP) is -0.0175. The fraction of sp³-hybridized carbons (Fsp3) is 0. The van der Waals surface area contributed by atoms with Gasteiger partial charge in [-0.25, -0.2) is 0 Å². The Bertz CT molecular complexity index is 19.7. The van der Waals surface area contributed by atoms with Gasteiger partial charge in [-0.05, 0) is 0 Å². The summed E-state index contributed by atoms with van der Waals surface area (Å²) in [4.78, 5) is 0. The van der Waals surface area contributed by atoms with Crippen LogP contribution >= 0.6 is 0 Å². The van der Waals surface area contributed by atoms with Crippen LogP contribution in [0.1, 0.15) is 0 Å². The maximum absolute atomic E-state index is 0. The molecular weight excluding hydrogens is 943 g/mol. The summed E-state index contributed by atoms with van der Waals surface area (Å²) in [6.45, 7) is 0. The van der Waals surface area contributed by atoms with Gasteiger partial charge in [-0.15, -0.1) is 0 Å². The van der Waals surface area contributed by atoms with Crippen molar-refractivity contribution in [2.75, 3.05) is 0 Å². The molecule has 0 aliphatic heterocycles. The second kappa shape index (κ2) is 47.4. The molecule has 0 spiro atoms. The van der Waals surface area contributed by atoms with Gasteiger partial charge in [0.15, 0.2) is 0 Å². The van der Waals surface area contributed by atoms with E-state index >= 15 is 0 Å². The average molecular weight is 943 g/mol. The van der Waals surface area contributed by atoms with E-state index in [9.17, 15) is 0 Å². The van der Waals surface area contributed by atoms with E-state index in [1.165, 1.54) is 0 Å². The van der Waals surface area contributed by atoms with Crippen molar-refractivity contribution in [3.05, 3.63) is 0 Å². The molecule has 3 radical (unpaired) electrons. The monoisotopic (exact) mass is 946 g/mol. The molecule has 0 aromatic rings. The summed E-state index contributed by atoms with van der Waals surface area (Å²) in [5.41, 5.74) is 0. The largest absolute Gasteiger partial charge is 0 e. The van der Waals surface area contributed by atoms with Gasteiger partial charge in [0.25, 0.3) is 0 Å². The minimum Gasteiger partial charge on any atom is 0 e. The molecule has 0 rings (SSSR count). The molecule has 0 saturated heterocycles. The van der Waals surface area contributed by atoms with Crippen LogP contribution in [0.4, 0.5) is 0 Å². The van der Waals surface area contributed by atoms with Crippen molar-refractivity contribution in [2.24, 2.45) is 0 Å². The minimum absolute atomic E-state index is 0. The summed E-state index contributed by atoms with van der Waals surface area (Å²) in [5, 5.41) is 0. The zero-order chi connectivity index (χ0) is 0. The van der Waals surface area contributed by atoms with Gasteiger partial charge in [0.05, 0.1) is 0 Å². The minimum atomic E-state index is 0. The normalized spacial score (nSPS) is 0. The third-order valence-electron chi connectivity index (χ3n) is 0. The fourth-order valence-electron chi connectivity index (χ4n) is 0. The van der Waals surface area contributed by atoms with E-state index in [4.69, 9.17) is 0 Å². The van der Waals surface area contributed by atoms with Crippen LogP contribution in [0.5, 0.6) is 0 Å². The van der Waals surface area contributed by atoms with Crippen LogP contribution < -0.4 is 0 Å². The molecule has 0 nitrogen and oxygen atoms in total. The van der Waals surface area contributed by atoms with Crippen LogP contribution in [0, 0.1) is 0 Å². The fourth-order valence-corrected chi connectivity index (χ4v) is 0. The van der Waals surface area contributed by atoms with Gasteiger partial charge in [-0.2, -0.15) is 0 Å². The number of hydrogen-bond donors (Lipinski definition) is 0. The molecule has 0 atom stereocenters. The van der Waals surface area contributed by atoms with E-state index in [-0.39, 0.29) is 137 Å². The molecule has 0 bridgehead atoms. The van der Waals surface area contributed by atoms with Crippen LogP contribution in [0.25, 0.3) is 0 Å². The molecule has 0 aliphatic rings. The molecule has 0 heterocycles. The Balaban J connectivity index is 0. The molecule has 0 amide bonds. The summed E-state index contributed by atoms with van der Waals surface area (Å²) in [7, 11) is 0. The predicted molar refractivity (Wildman–Crippen MR) is 0 cm³/mol. The zero-order valence-electron chi connectivity index (χ0n) is 2.38. The summed E-state index contributed by atoms with van der Waals surface area (Å²) in [6, 6.07) is 0. The number of rotatable bonds is 0. The summed E-state index contributed by atoms with van der Waals surface area (Å²) in [5.74, 6) is 0. The molecule has 0 fully saturated rings. The van der Waals surface area contributed by atoms with Crippen LogP contribution in [-0.2, 0) is 137 Å². The molecule has 61 valence electrons. The second-order valence-corrected chi connectivity index (χ2v) is 0. The third-order valence-corrected chi connectivity index (χ3v) is 0. The first-order chi connectivity index (χ1) is 0. The van der Waals surface area contributed by atoms with Crippen molar-refractivity contribution in [2.45, 2.75) is 0 Å². The zero-order valence-corrected chi connectivity index (χ0v) is 15.7. The summed E-state index contributed by atoms with van der Waals surface area (Å²) < 4.78 is 0. The average Bonchev–Trinajstić information content (AvgIpc) is 0. The maximum Gasteiger partial charge on any atom is 0 e. The Labute approximate surface area is 135 Å². The van der Waals surface area contributed by atoms with Gasteiger partial charge in [-0.3, -0.25) is 0 Å². The first kappa shape index (κ1) is 63.7. The summed E-state index contributed by atoms with van der Waals surface area (Å²) >= 11 is 0. The number of hydrogen-bond acceptors (Lipinski definition) is 0. The Morgan fingerprint density at radius 2 is 1.00 bits per heavy atom. The molecule has 7 heteroatoms. The Morgan fingerprint density at radius 3 is 1.00 bits per heavy atom. The van der Waals surface area contributed by atoms with Crippen molar-refractivity contribution in [1.82, 2.24) is 0 Å². The standard InChI is InChI=1S/Ir.Mn.Os.Pd.Pt.Rh.Ru. The molecule has 0 aliphatic carbocycles. The van der Waals surface area contributed by atoms with Crippen molar-refractivity contribution < 1.29 is 137 Å². The quantitative estimate of drug-likeness (QED) is 0.301. The SMILES string of the molecule is [Ir].[Mn].[Os].[Pd].[Pt].[Rh].[Ru]. The first-order valence-corrected chi connectivity index (χ1v) is 0. The Hall–Kier alpha value is 4.40. The Morgan fingerprint density at radius 1 is 1.00 bits per heavy atom. The van der Waals surface area contributed by atoms with Gasteiger partial charge in [0.1, 0.15) is 0 Å². The van der Waals surface area contributed by atoms with Gasteiger partial charge >= 0.3 is 0 Å². The topological polar surface area (TPSA) is 0 Å². The van der Waals surface area contributed by atoms with Crippen LogP contribution in [0.3, 0.4) is 0 Å². The molecule has 7 heavy (non-hydrogen) atoms.